The number of aliphatic hydroxyl groups excluding tert-OH is 2. The molecule has 53 heavy (non-hydrogen) atoms. The molecule has 0 fully saturated rings. The highest BCUT2D eigenvalue weighted by Crippen LogP contribution is 2.42. The van der Waals surface area contributed by atoms with Crippen LogP contribution >= 0.6 is 0 Å². The van der Waals surface area contributed by atoms with Crippen LogP contribution in [0.3, 0.4) is 0 Å². The minimum Gasteiger partial charge on any atom is -0.469 e. The van der Waals surface area contributed by atoms with E-state index in [1.807, 2.05) is 79.1 Å². The number of aliphatic hydroxyl groups is 2. The largest absolute Gasteiger partial charge is 0.469 e. The first-order valence-electron chi connectivity index (χ1n) is 17.3. The molecule has 4 aromatic carbocycles. The highest BCUT2D eigenvalue weighted by Gasteiger charge is 2.29. The van der Waals surface area contributed by atoms with Crippen molar-refractivity contribution in [3.63, 3.8) is 0 Å². The monoisotopic (exact) mass is 718 g/mol. The van der Waals surface area contributed by atoms with Gasteiger partial charge >= 0.3 is 11.9 Å². The van der Waals surface area contributed by atoms with Crippen molar-refractivity contribution in [3.8, 4) is 22.3 Å². The summed E-state index contributed by atoms with van der Waals surface area (Å²) in [7, 11) is 1.23. The van der Waals surface area contributed by atoms with E-state index in [0.29, 0.717) is 33.6 Å². The molecule has 0 aliphatic heterocycles. The fourth-order valence-corrected chi connectivity index (χ4v) is 6.08. The number of carbonyl (C=O) groups is 3. The Morgan fingerprint density at radius 3 is 2.06 bits per heavy atom. The first-order chi connectivity index (χ1) is 25.5. The van der Waals surface area contributed by atoms with Gasteiger partial charge in [0.25, 0.3) is 5.91 Å². The maximum absolute atomic E-state index is 14.4. The Hall–Kier alpha value is -5.84. The summed E-state index contributed by atoms with van der Waals surface area (Å²) in [6.07, 6.45) is 0.529. The van der Waals surface area contributed by atoms with Crippen molar-refractivity contribution in [1.82, 2.24) is 9.88 Å². The van der Waals surface area contributed by atoms with Crippen LogP contribution in [-0.4, -0.2) is 51.9 Å². The van der Waals surface area contributed by atoms with E-state index in [-0.39, 0.29) is 37.9 Å². The van der Waals surface area contributed by atoms with Crippen molar-refractivity contribution in [2.75, 3.05) is 7.11 Å². The van der Waals surface area contributed by atoms with Crippen LogP contribution in [0.2, 0.25) is 0 Å². The van der Waals surface area contributed by atoms with E-state index >= 15 is 0 Å². The smallest absolute Gasteiger partial charge is 0.338 e. The van der Waals surface area contributed by atoms with Gasteiger partial charge in [-0.15, -0.1) is 0 Å². The van der Waals surface area contributed by atoms with Gasteiger partial charge < -0.3 is 29.6 Å². The predicted octanol–water partition coefficient (Wildman–Crippen LogP) is 7.52. The van der Waals surface area contributed by atoms with Gasteiger partial charge in [-0.2, -0.15) is 0 Å². The normalized spacial score (nSPS) is 12.4. The molecule has 0 saturated heterocycles. The number of aromatic nitrogens is 1. The van der Waals surface area contributed by atoms with Crippen molar-refractivity contribution < 1.29 is 38.5 Å². The maximum atomic E-state index is 14.4. The first kappa shape index (κ1) is 38.4. The second kappa shape index (κ2) is 18.1. The molecule has 1 amide bonds. The zero-order valence-electron chi connectivity index (χ0n) is 29.9. The van der Waals surface area contributed by atoms with Crippen LogP contribution in [0.25, 0.3) is 28.3 Å². The standard InChI is InChI=1S/C43H43FN2O7/c1-28(2)46-37(23-22-35(47)24-36(48)25-38(49)52-3)39(32-18-20-34(44)21-19-32)40(31-12-8-5-9-13-31)41(46)42(50)45-26-29-14-16-33(17-15-29)43(51)53-27-30-10-6-4-7-11-30/h4-23,28,35-36,47-48H,24-27H2,1-3H3,(H,45,50)/t35-,36-/m1/s1. The fourth-order valence-electron chi connectivity index (χ4n) is 6.08. The number of halogens is 1. The number of benzene rings is 4. The molecule has 0 aliphatic rings. The topological polar surface area (TPSA) is 127 Å². The number of methoxy groups -OCH3 is 1. The number of rotatable bonds is 15. The van der Waals surface area contributed by atoms with Crippen LogP contribution in [0.15, 0.2) is 115 Å². The number of ether oxygens (including phenoxy) is 2. The van der Waals surface area contributed by atoms with E-state index in [4.69, 9.17) is 4.74 Å². The van der Waals surface area contributed by atoms with Gasteiger partial charge in [0.05, 0.1) is 31.3 Å². The van der Waals surface area contributed by atoms with Crippen molar-refractivity contribution in [2.24, 2.45) is 0 Å². The quantitative estimate of drug-likeness (QED) is 0.0957. The minimum atomic E-state index is -1.14. The van der Waals surface area contributed by atoms with Crippen LogP contribution in [0.5, 0.6) is 0 Å². The molecule has 5 rings (SSSR count). The number of nitrogens with one attached hydrogen (secondary N) is 1. The van der Waals surface area contributed by atoms with Crippen LogP contribution < -0.4 is 5.32 Å². The lowest BCUT2D eigenvalue weighted by atomic mass is 9.94. The lowest BCUT2D eigenvalue weighted by molar-refractivity contribution is -0.143. The molecule has 3 N–H and O–H groups in total. The van der Waals surface area contributed by atoms with Gasteiger partial charge in [-0.05, 0) is 66.4 Å². The van der Waals surface area contributed by atoms with E-state index in [2.05, 4.69) is 10.1 Å². The van der Waals surface area contributed by atoms with Gasteiger partial charge in [-0.25, -0.2) is 9.18 Å². The van der Waals surface area contributed by atoms with Crippen LogP contribution in [0, 0.1) is 5.82 Å². The molecular weight excluding hydrogens is 675 g/mol. The molecule has 2 atom stereocenters. The van der Waals surface area contributed by atoms with Crippen LogP contribution in [0.4, 0.5) is 4.39 Å². The molecule has 0 unspecified atom stereocenters. The summed E-state index contributed by atoms with van der Waals surface area (Å²) >= 11 is 0. The summed E-state index contributed by atoms with van der Waals surface area (Å²) in [5.41, 5.74) is 5.61. The summed E-state index contributed by atoms with van der Waals surface area (Å²) in [6, 6.07) is 31.4. The van der Waals surface area contributed by atoms with Crippen molar-refractivity contribution in [1.29, 1.82) is 0 Å². The number of carbonyl (C=O) groups excluding carboxylic acids is 3. The van der Waals surface area contributed by atoms with Crippen LogP contribution in [0.1, 0.15) is 70.4 Å². The van der Waals surface area contributed by atoms with E-state index in [9.17, 15) is 29.0 Å². The summed E-state index contributed by atoms with van der Waals surface area (Å²) in [6.45, 7) is 4.18. The van der Waals surface area contributed by atoms with Crippen molar-refractivity contribution in [3.05, 3.63) is 149 Å². The summed E-state index contributed by atoms with van der Waals surface area (Å²) in [5.74, 6) is -1.84. The van der Waals surface area contributed by atoms with Crippen LogP contribution in [-0.2, 0) is 27.4 Å². The molecule has 5 aromatic rings. The van der Waals surface area contributed by atoms with Crippen molar-refractivity contribution >= 4 is 23.9 Å². The Morgan fingerprint density at radius 1 is 0.811 bits per heavy atom. The van der Waals surface area contributed by atoms with Crippen molar-refractivity contribution in [2.45, 2.75) is 58.1 Å². The average Bonchev–Trinajstić information content (AvgIpc) is 3.52. The molecule has 10 heteroatoms. The zero-order valence-corrected chi connectivity index (χ0v) is 29.9. The summed E-state index contributed by atoms with van der Waals surface area (Å²) in [5, 5.41) is 24.3. The predicted molar refractivity (Wildman–Crippen MR) is 201 cm³/mol. The lowest BCUT2D eigenvalue weighted by Crippen LogP contribution is -2.27. The number of esters is 2. The lowest BCUT2D eigenvalue weighted by Gasteiger charge is -2.17. The Morgan fingerprint density at radius 2 is 1.43 bits per heavy atom. The third-order valence-electron chi connectivity index (χ3n) is 8.65. The third-order valence-corrected chi connectivity index (χ3v) is 8.65. The molecule has 274 valence electrons. The molecule has 0 saturated carbocycles. The molecule has 0 spiro atoms. The average molecular weight is 719 g/mol. The molecule has 1 aromatic heterocycles. The van der Waals surface area contributed by atoms with Gasteiger partial charge in [-0.1, -0.05) is 91.0 Å². The van der Waals surface area contributed by atoms with Gasteiger partial charge in [0, 0.05) is 35.8 Å². The molecule has 1 heterocycles. The third kappa shape index (κ3) is 9.94. The van der Waals surface area contributed by atoms with Gasteiger partial charge in [0.15, 0.2) is 0 Å². The number of amides is 1. The van der Waals surface area contributed by atoms with E-state index in [1.54, 1.807) is 42.5 Å². The summed E-state index contributed by atoms with van der Waals surface area (Å²) < 4.78 is 26.1. The minimum absolute atomic E-state index is 0.123. The second-order valence-electron chi connectivity index (χ2n) is 12.9. The van der Waals surface area contributed by atoms with E-state index < -0.39 is 30.0 Å². The van der Waals surface area contributed by atoms with Gasteiger partial charge in [0.2, 0.25) is 0 Å². The molecule has 0 radical (unpaired) electrons. The highest BCUT2D eigenvalue weighted by molar-refractivity contribution is 6.06. The number of hydrogen-bond donors (Lipinski definition) is 3. The molecule has 9 nitrogen and oxygen atoms in total. The number of hydrogen-bond acceptors (Lipinski definition) is 7. The fraction of sp³-hybridized carbons (Fsp3) is 0.233. The molecular formula is C43H43FN2O7. The Kier molecular flexibility index (Phi) is 13.1. The Bertz CT molecular complexity index is 2020. The zero-order chi connectivity index (χ0) is 37.9. The van der Waals surface area contributed by atoms with E-state index in [1.165, 1.54) is 25.3 Å². The molecule has 0 bridgehead atoms. The Balaban J connectivity index is 1.49. The maximum Gasteiger partial charge on any atom is 0.338 e. The Labute approximate surface area is 308 Å². The second-order valence-corrected chi connectivity index (χ2v) is 12.9. The highest BCUT2D eigenvalue weighted by atomic mass is 19.1. The van der Waals surface area contributed by atoms with Gasteiger partial charge in [0.1, 0.15) is 18.1 Å². The van der Waals surface area contributed by atoms with E-state index in [0.717, 1.165) is 16.7 Å². The summed E-state index contributed by atoms with van der Waals surface area (Å²) in [4.78, 5) is 38.7. The molecule has 0 aliphatic carbocycles. The first-order valence-corrected chi connectivity index (χ1v) is 17.3. The van der Waals surface area contributed by atoms with Gasteiger partial charge in [-0.3, -0.25) is 9.59 Å². The number of nitrogens with zero attached hydrogens (tertiary/aromatic N) is 1. The SMILES string of the molecule is COC(=O)C[C@H](O)C[C@H](O)C=Cc1c(-c2ccc(F)cc2)c(-c2ccccc2)c(C(=O)NCc2ccc(C(=O)OCc3ccccc3)cc2)n1C(C)C.